The van der Waals surface area contributed by atoms with Crippen molar-refractivity contribution in [3.05, 3.63) is 52.1 Å². The lowest BCUT2D eigenvalue weighted by Gasteiger charge is -2.08. The van der Waals surface area contributed by atoms with E-state index in [2.05, 4.69) is 20.9 Å². The molecule has 0 bridgehead atoms. The first kappa shape index (κ1) is 13.4. The highest BCUT2D eigenvalue weighted by Gasteiger charge is 2.16. The maximum atomic E-state index is 13.4. The zero-order chi connectivity index (χ0) is 14.0. The van der Waals surface area contributed by atoms with Crippen molar-refractivity contribution >= 4 is 21.9 Å². The second-order valence-electron chi connectivity index (χ2n) is 3.49. The van der Waals surface area contributed by atoms with Crippen LogP contribution in [0.5, 0.6) is 11.6 Å². The molecular formula is C12H6BrF2NO3. The molecule has 0 aliphatic rings. The molecule has 0 aliphatic heterocycles. The molecule has 2 rings (SSSR count). The number of ether oxygens (including phenoxy) is 1. The number of carbonyl (C=O) groups is 1. The van der Waals surface area contributed by atoms with Gasteiger partial charge in [0, 0.05) is 16.7 Å². The van der Waals surface area contributed by atoms with Crippen LogP contribution in [0.3, 0.4) is 0 Å². The van der Waals surface area contributed by atoms with Gasteiger partial charge in [0.15, 0.2) is 11.6 Å². The van der Waals surface area contributed by atoms with Gasteiger partial charge in [-0.05, 0) is 34.1 Å². The topological polar surface area (TPSA) is 59.4 Å². The average Bonchev–Trinajstić information content (AvgIpc) is 2.35. The monoisotopic (exact) mass is 329 g/mol. The first-order chi connectivity index (χ1) is 8.97. The molecule has 4 nitrogen and oxygen atoms in total. The quantitative estimate of drug-likeness (QED) is 0.934. The molecule has 19 heavy (non-hydrogen) atoms. The fraction of sp³-hybridized carbons (Fsp3) is 0. The third-order valence-electron chi connectivity index (χ3n) is 2.15. The van der Waals surface area contributed by atoms with Gasteiger partial charge in [-0.3, -0.25) is 0 Å². The lowest BCUT2D eigenvalue weighted by molar-refractivity contribution is 0.0693. The van der Waals surface area contributed by atoms with E-state index in [9.17, 15) is 13.6 Å². The number of benzene rings is 1. The van der Waals surface area contributed by atoms with Crippen LogP contribution in [-0.2, 0) is 0 Å². The molecule has 0 atom stereocenters. The lowest BCUT2D eigenvalue weighted by atomic mass is 10.2. The Morgan fingerprint density at radius 3 is 2.74 bits per heavy atom. The van der Waals surface area contributed by atoms with Crippen LogP contribution >= 0.6 is 15.9 Å². The van der Waals surface area contributed by atoms with Gasteiger partial charge in [0.25, 0.3) is 0 Å². The maximum absolute atomic E-state index is 13.4. The normalized spacial score (nSPS) is 10.3. The van der Waals surface area contributed by atoms with Crippen molar-refractivity contribution in [2.24, 2.45) is 0 Å². The third-order valence-corrected chi connectivity index (χ3v) is 2.58. The van der Waals surface area contributed by atoms with E-state index < -0.39 is 23.4 Å². The molecule has 1 aromatic heterocycles. The van der Waals surface area contributed by atoms with E-state index >= 15 is 0 Å². The Kier molecular flexibility index (Phi) is 3.75. The second-order valence-corrected chi connectivity index (χ2v) is 4.40. The molecule has 0 amide bonds. The molecule has 1 heterocycles. The lowest BCUT2D eigenvalue weighted by Crippen LogP contribution is -2.03. The highest BCUT2D eigenvalue weighted by atomic mass is 79.9. The molecule has 0 radical (unpaired) electrons. The minimum Gasteiger partial charge on any atom is -0.477 e. The maximum Gasteiger partial charge on any atom is 0.341 e. The fourth-order valence-electron chi connectivity index (χ4n) is 1.32. The standard InChI is InChI=1S/C12H6BrF2NO3/c13-6-3-8(12(17)18)11(16-5-6)19-10-4-7(14)1-2-9(10)15/h1-5H,(H,17,18). The van der Waals surface area contributed by atoms with Gasteiger partial charge in [-0.2, -0.15) is 0 Å². The van der Waals surface area contributed by atoms with Gasteiger partial charge in [0.1, 0.15) is 11.4 Å². The number of hydrogen-bond donors (Lipinski definition) is 1. The van der Waals surface area contributed by atoms with Crippen LogP contribution in [0.15, 0.2) is 34.9 Å². The number of aromatic carboxylic acids is 1. The van der Waals surface area contributed by atoms with E-state index in [1.165, 1.54) is 12.3 Å². The highest BCUT2D eigenvalue weighted by Crippen LogP contribution is 2.27. The first-order valence-corrected chi connectivity index (χ1v) is 5.78. The van der Waals surface area contributed by atoms with Gasteiger partial charge in [-0.25, -0.2) is 18.6 Å². The van der Waals surface area contributed by atoms with Gasteiger partial charge >= 0.3 is 5.97 Å². The summed E-state index contributed by atoms with van der Waals surface area (Å²) in [5.74, 6) is -3.56. The number of aromatic nitrogens is 1. The Labute approximate surface area is 114 Å². The summed E-state index contributed by atoms with van der Waals surface area (Å²) in [5.41, 5.74) is -0.266. The van der Waals surface area contributed by atoms with Crippen molar-refractivity contribution in [1.82, 2.24) is 4.98 Å². The highest BCUT2D eigenvalue weighted by molar-refractivity contribution is 9.10. The van der Waals surface area contributed by atoms with E-state index in [-0.39, 0.29) is 11.4 Å². The predicted molar refractivity (Wildman–Crippen MR) is 65.3 cm³/mol. The Morgan fingerprint density at radius 2 is 2.05 bits per heavy atom. The summed E-state index contributed by atoms with van der Waals surface area (Å²) in [6.07, 6.45) is 1.29. The molecule has 0 fully saturated rings. The molecule has 0 saturated carbocycles. The van der Waals surface area contributed by atoms with Crippen LogP contribution < -0.4 is 4.74 Å². The molecule has 0 aliphatic carbocycles. The summed E-state index contributed by atoms with van der Waals surface area (Å²) < 4.78 is 31.8. The molecule has 2 aromatic rings. The zero-order valence-electron chi connectivity index (χ0n) is 9.23. The molecule has 1 N–H and O–H groups in total. The largest absolute Gasteiger partial charge is 0.477 e. The molecule has 0 saturated heterocycles. The number of carboxylic acids is 1. The van der Waals surface area contributed by atoms with Crippen molar-refractivity contribution in [3.8, 4) is 11.6 Å². The van der Waals surface area contributed by atoms with Crippen LogP contribution in [0, 0.1) is 11.6 Å². The summed E-state index contributed by atoms with van der Waals surface area (Å²) in [6, 6.07) is 3.87. The first-order valence-electron chi connectivity index (χ1n) is 4.99. The average molecular weight is 330 g/mol. The van der Waals surface area contributed by atoms with Gasteiger partial charge in [-0.15, -0.1) is 0 Å². The predicted octanol–water partition coefficient (Wildman–Crippen LogP) is 3.61. The van der Waals surface area contributed by atoms with E-state index in [4.69, 9.17) is 9.84 Å². The minimum atomic E-state index is -1.29. The SMILES string of the molecule is O=C(O)c1cc(Br)cnc1Oc1cc(F)ccc1F. The van der Waals surface area contributed by atoms with Crippen LogP contribution in [0.25, 0.3) is 0 Å². The second kappa shape index (κ2) is 5.31. The van der Waals surface area contributed by atoms with Crippen molar-refractivity contribution in [2.45, 2.75) is 0 Å². The number of nitrogens with zero attached hydrogens (tertiary/aromatic N) is 1. The number of pyridine rings is 1. The summed E-state index contributed by atoms with van der Waals surface area (Å²) in [4.78, 5) is 14.7. The summed E-state index contributed by atoms with van der Waals surface area (Å²) in [5, 5.41) is 8.98. The van der Waals surface area contributed by atoms with E-state index in [0.29, 0.717) is 4.47 Å². The minimum absolute atomic E-state index is 0.266. The van der Waals surface area contributed by atoms with E-state index in [1.807, 2.05) is 0 Å². The van der Waals surface area contributed by atoms with Gasteiger partial charge in [-0.1, -0.05) is 0 Å². The van der Waals surface area contributed by atoms with Crippen molar-refractivity contribution in [1.29, 1.82) is 0 Å². The zero-order valence-corrected chi connectivity index (χ0v) is 10.8. The van der Waals surface area contributed by atoms with Crippen LogP contribution in [0.2, 0.25) is 0 Å². The Bertz CT molecular complexity index is 649. The van der Waals surface area contributed by atoms with Crippen LogP contribution in [0.4, 0.5) is 8.78 Å². The van der Waals surface area contributed by atoms with Gasteiger partial charge in [0.05, 0.1) is 0 Å². The van der Waals surface area contributed by atoms with Crippen molar-refractivity contribution < 1.29 is 23.4 Å². The van der Waals surface area contributed by atoms with Crippen molar-refractivity contribution in [2.75, 3.05) is 0 Å². The fourth-order valence-corrected chi connectivity index (χ4v) is 1.65. The molecule has 0 unspecified atom stereocenters. The Morgan fingerprint density at radius 1 is 1.32 bits per heavy atom. The number of rotatable bonds is 3. The molecular weight excluding hydrogens is 324 g/mol. The van der Waals surface area contributed by atoms with Crippen LogP contribution in [-0.4, -0.2) is 16.1 Å². The van der Waals surface area contributed by atoms with E-state index in [1.54, 1.807) is 0 Å². The van der Waals surface area contributed by atoms with E-state index in [0.717, 1.165) is 18.2 Å². The molecule has 7 heteroatoms. The molecule has 1 aromatic carbocycles. The summed E-state index contributed by atoms with van der Waals surface area (Å²) >= 11 is 3.06. The number of carboxylic acid groups (broad SMARTS) is 1. The van der Waals surface area contributed by atoms with Crippen LogP contribution in [0.1, 0.15) is 10.4 Å². The molecule has 98 valence electrons. The Hall–Kier alpha value is -2.02. The number of hydrogen-bond acceptors (Lipinski definition) is 3. The number of halogens is 3. The van der Waals surface area contributed by atoms with Crippen molar-refractivity contribution in [3.63, 3.8) is 0 Å². The molecule has 0 spiro atoms. The summed E-state index contributed by atoms with van der Waals surface area (Å²) in [7, 11) is 0. The smallest absolute Gasteiger partial charge is 0.341 e. The van der Waals surface area contributed by atoms with Gasteiger partial charge < -0.3 is 9.84 Å². The van der Waals surface area contributed by atoms with Gasteiger partial charge in [0.2, 0.25) is 5.88 Å². The summed E-state index contributed by atoms with van der Waals surface area (Å²) in [6.45, 7) is 0. The Balaban J connectivity index is 2.43. The third kappa shape index (κ3) is 3.05.